The van der Waals surface area contributed by atoms with Crippen LogP contribution in [0.3, 0.4) is 0 Å². The summed E-state index contributed by atoms with van der Waals surface area (Å²) in [5.74, 6) is 0. The van der Waals surface area contributed by atoms with Gasteiger partial charge >= 0.3 is 0 Å². The van der Waals surface area contributed by atoms with Crippen molar-refractivity contribution in [2.24, 2.45) is 5.14 Å². The van der Waals surface area contributed by atoms with E-state index < -0.39 is 10.0 Å². The maximum absolute atomic E-state index is 11.3. The first kappa shape index (κ1) is 14.3. The topological polar surface area (TPSA) is 72.2 Å². The molecule has 1 aromatic carbocycles. The van der Waals surface area contributed by atoms with E-state index in [1.807, 2.05) is 18.4 Å². The molecule has 0 spiro atoms. The van der Waals surface area contributed by atoms with Crippen molar-refractivity contribution >= 4 is 38.6 Å². The zero-order chi connectivity index (χ0) is 14.0. The Labute approximate surface area is 121 Å². The Morgan fingerprint density at radius 2 is 2.11 bits per heavy atom. The Kier molecular flexibility index (Phi) is 4.15. The van der Waals surface area contributed by atoms with Gasteiger partial charge in [-0.05, 0) is 42.1 Å². The molecule has 0 fully saturated rings. The second kappa shape index (κ2) is 5.50. The Balaban J connectivity index is 2.20. The van der Waals surface area contributed by atoms with Crippen LogP contribution >= 0.6 is 22.9 Å². The normalized spacial score (nSPS) is 13.2. The molecule has 0 aliphatic carbocycles. The number of hydrogen-bond acceptors (Lipinski definition) is 4. The lowest BCUT2D eigenvalue weighted by molar-refractivity contribution is 0.598. The highest BCUT2D eigenvalue weighted by molar-refractivity contribution is 7.89. The lowest BCUT2D eigenvalue weighted by atomic mass is 10.1. The van der Waals surface area contributed by atoms with Gasteiger partial charge in [-0.1, -0.05) is 17.7 Å². The number of benzene rings is 1. The molecule has 2 aromatic rings. The SMILES string of the molecule is CC(Nc1cccc(S(N)(=O)=O)c1)c1csc(Cl)c1. The first-order valence-electron chi connectivity index (χ1n) is 5.49. The molecule has 0 radical (unpaired) electrons. The molecule has 19 heavy (non-hydrogen) atoms. The molecule has 1 unspecified atom stereocenters. The van der Waals surface area contributed by atoms with Gasteiger partial charge in [-0.3, -0.25) is 0 Å². The third kappa shape index (κ3) is 3.70. The first-order valence-corrected chi connectivity index (χ1v) is 8.30. The average molecular weight is 317 g/mol. The number of nitrogens with one attached hydrogen (secondary N) is 1. The predicted molar refractivity (Wildman–Crippen MR) is 79.2 cm³/mol. The van der Waals surface area contributed by atoms with Gasteiger partial charge in [0.05, 0.1) is 9.23 Å². The number of thiophene rings is 1. The summed E-state index contributed by atoms with van der Waals surface area (Å²) in [5.41, 5.74) is 1.75. The van der Waals surface area contributed by atoms with Gasteiger partial charge in [0, 0.05) is 11.7 Å². The average Bonchev–Trinajstić information content (AvgIpc) is 2.75. The van der Waals surface area contributed by atoms with E-state index in [4.69, 9.17) is 16.7 Å². The van der Waals surface area contributed by atoms with Crippen molar-refractivity contribution in [2.75, 3.05) is 5.32 Å². The standard InChI is InChI=1S/C12H13ClN2O2S2/c1-8(9-5-12(13)18-7-9)15-10-3-2-4-11(6-10)19(14,16)17/h2-8,15H,1H3,(H2,14,16,17). The first-order chi connectivity index (χ1) is 8.86. The highest BCUT2D eigenvalue weighted by Gasteiger charge is 2.11. The number of primary sulfonamides is 1. The fourth-order valence-electron chi connectivity index (χ4n) is 1.65. The van der Waals surface area contributed by atoms with E-state index in [0.717, 1.165) is 9.90 Å². The van der Waals surface area contributed by atoms with Crippen molar-refractivity contribution in [1.82, 2.24) is 0 Å². The summed E-state index contributed by atoms with van der Waals surface area (Å²) < 4.78 is 23.3. The summed E-state index contributed by atoms with van der Waals surface area (Å²) in [6.07, 6.45) is 0. The number of halogens is 1. The molecular formula is C12H13ClN2O2S2. The van der Waals surface area contributed by atoms with Crippen molar-refractivity contribution in [3.05, 3.63) is 45.6 Å². The van der Waals surface area contributed by atoms with Crippen LogP contribution in [0.15, 0.2) is 40.6 Å². The molecule has 0 bridgehead atoms. The molecular weight excluding hydrogens is 304 g/mol. The van der Waals surface area contributed by atoms with Gasteiger partial charge in [-0.25, -0.2) is 13.6 Å². The molecule has 1 atom stereocenters. The highest BCUT2D eigenvalue weighted by atomic mass is 35.5. The minimum Gasteiger partial charge on any atom is -0.378 e. The molecule has 1 aromatic heterocycles. The van der Waals surface area contributed by atoms with Crippen LogP contribution in [0.2, 0.25) is 4.34 Å². The van der Waals surface area contributed by atoms with Gasteiger partial charge in [0.1, 0.15) is 0 Å². The minimum atomic E-state index is -3.68. The molecule has 0 amide bonds. The fourth-order valence-corrected chi connectivity index (χ4v) is 3.19. The summed E-state index contributed by atoms with van der Waals surface area (Å²) in [6, 6.07) is 8.33. The molecule has 0 aliphatic heterocycles. The van der Waals surface area contributed by atoms with Crippen LogP contribution in [0.5, 0.6) is 0 Å². The van der Waals surface area contributed by atoms with E-state index in [-0.39, 0.29) is 10.9 Å². The second-order valence-electron chi connectivity index (χ2n) is 4.12. The van der Waals surface area contributed by atoms with E-state index in [9.17, 15) is 8.42 Å². The van der Waals surface area contributed by atoms with E-state index in [2.05, 4.69) is 5.32 Å². The van der Waals surface area contributed by atoms with Crippen molar-refractivity contribution in [2.45, 2.75) is 17.9 Å². The predicted octanol–water partition coefficient (Wildman–Crippen LogP) is 3.22. The van der Waals surface area contributed by atoms with Crippen LogP contribution in [-0.2, 0) is 10.0 Å². The summed E-state index contributed by atoms with van der Waals surface area (Å²) in [4.78, 5) is 0.0908. The maximum Gasteiger partial charge on any atom is 0.238 e. The van der Waals surface area contributed by atoms with Gasteiger partial charge in [0.2, 0.25) is 10.0 Å². The molecule has 0 aliphatic rings. The zero-order valence-corrected chi connectivity index (χ0v) is 12.5. The van der Waals surface area contributed by atoms with Crippen molar-refractivity contribution < 1.29 is 8.42 Å². The van der Waals surface area contributed by atoms with E-state index in [0.29, 0.717) is 5.69 Å². The van der Waals surface area contributed by atoms with Crippen LogP contribution in [0, 0.1) is 0 Å². The Morgan fingerprint density at radius 1 is 1.37 bits per heavy atom. The van der Waals surface area contributed by atoms with Crippen LogP contribution in [0.4, 0.5) is 5.69 Å². The Morgan fingerprint density at radius 3 is 2.68 bits per heavy atom. The number of rotatable bonds is 4. The molecule has 7 heteroatoms. The van der Waals surface area contributed by atoms with Gasteiger partial charge in [0.15, 0.2) is 0 Å². The monoisotopic (exact) mass is 316 g/mol. The quantitative estimate of drug-likeness (QED) is 0.909. The van der Waals surface area contributed by atoms with Crippen LogP contribution in [-0.4, -0.2) is 8.42 Å². The molecule has 3 N–H and O–H groups in total. The number of nitrogens with two attached hydrogens (primary N) is 1. The van der Waals surface area contributed by atoms with E-state index >= 15 is 0 Å². The smallest absolute Gasteiger partial charge is 0.238 e. The summed E-state index contributed by atoms with van der Waals surface area (Å²) in [7, 11) is -3.68. The zero-order valence-electron chi connectivity index (χ0n) is 10.1. The van der Waals surface area contributed by atoms with E-state index in [1.54, 1.807) is 12.1 Å². The maximum atomic E-state index is 11.3. The third-order valence-corrected chi connectivity index (χ3v) is 4.65. The van der Waals surface area contributed by atoms with Crippen LogP contribution < -0.4 is 10.5 Å². The number of hydrogen-bond donors (Lipinski definition) is 2. The summed E-state index contributed by atoms with van der Waals surface area (Å²) in [5, 5.41) is 10.3. The molecule has 4 nitrogen and oxygen atoms in total. The lowest BCUT2D eigenvalue weighted by Gasteiger charge is -2.14. The summed E-state index contributed by atoms with van der Waals surface area (Å²) >= 11 is 7.35. The fraction of sp³-hybridized carbons (Fsp3) is 0.167. The minimum absolute atomic E-state index is 0.0273. The number of sulfonamides is 1. The van der Waals surface area contributed by atoms with Crippen molar-refractivity contribution in [3.8, 4) is 0 Å². The van der Waals surface area contributed by atoms with Crippen LogP contribution in [0.1, 0.15) is 18.5 Å². The molecule has 102 valence electrons. The van der Waals surface area contributed by atoms with Gasteiger partial charge in [-0.15, -0.1) is 11.3 Å². The van der Waals surface area contributed by atoms with Gasteiger partial charge in [-0.2, -0.15) is 0 Å². The lowest BCUT2D eigenvalue weighted by Crippen LogP contribution is -2.13. The third-order valence-electron chi connectivity index (χ3n) is 2.63. The summed E-state index contributed by atoms with van der Waals surface area (Å²) in [6.45, 7) is 1.97. The molecule has 1 heterocycles. The highest BCUT2D eigenvalue weighted by Crippen LogP contribution is 2.27. The molecule has 2 rings (SSSR count). The van der Waals surface area contributed by atoms with Crippen molar-refractivity contribution in [1.29, 1.82) is 0 Å². The Hall–Kier alpha value is -1.08. The molecule has 0 saturated heterocycles. The van der Waals surface area contributed by atoms with E-state index in [1.165, 1.54) is 23.5 Å². The molecule has 0 saturated carbocycles. The van der Waals surface area contributed by atoms with Gasteiger partial charge in [0.25, 0.3) is 0 Å². The van der Waals surface area contributed by atoms with Crippen LogP contribution in [0.25, 0.3) is 0 Å². The van der Waals surface area contributed by atoms with Crippen molar-refractivity contribution in [3.63, 3.8) is 0 Å². The second-order valence-corrected chi connectivity index (χ2v) is 7.23. The Bertz CT molecular complexity index is 683. The number of anilines is 1. The largest absolute Gasteiger partial charge is 0.378 e. The van der Waals surface area contributed by atoms with Gasteiger partial charge < -0.3 is 5.32 Å².